The molecule has 2 fully saturated rings. The van der Waals surface area contributed by atoms with Crippen molar-refractivity contribution in [3.8, 4) is 11.5 Å². The normalized spacial score (nSPS) is 20.2. The smallest absolute Gasteiger partial charge is 0.163 e. The number of piperazine rings is 1. The van der Waals surface area contributed by atoms with Crippen molar-refractivity contribution in [2.45, 2.75) is 38.1 Å². The average molecular weight is 456 g/mol. The highest BCUT2D eigenvalue weighted by Gasteiger charge is 2.34. The maximum absolute atomic E-state index is 10.8. The average Bonchev–Trinajstić information content (AvgIpc) is 2.60. The predicted octanol–water partition coefficient (Wildman–Crippen LogP) is 4.53. The van der Waals surface area contributed by atoms with E-state index in [2.05, 4.69) is 26.1 Å². The number of hydrogen-bond acceptors (Lipinski definition) is 4. The second-order valence-electron chi connectivity index (χ2n) is 6.64. The molecule has 0 unspecified atom stereocenters. The Morgan fingerprint density at radius 3 is 2.40 bits per heavy atom. The highest BCUT2D eigenvalue weighted by atomic mass is 79.9. The zero-order valence-corrected chi connectivity index (χ0v) is 17.9. The van der Waals surface area contributed by atoms with Crippen molar-refractivity contribution >= 4 is 40.7 Å². The highest BCUT2D eigenvalue weighted by molar-refractivity contribution is 9.10. The van der Waals surface area contributed by atoms with Crippen LogP contribution in [0.4, 0.5) is 0 Å². The number of hydrogen-bond donors (Lipinski definition) is 2. The zero-order valence-electron chi connectivity index (χ0n) is 14.7. The number of ether oxygens (including phenoxy) is 1. The van der Waals surface area contributed by atoms with Crippen molar-refractivity contribution in [2.75, 3.05) is 33.3 Å². The minimum Gasteiger partial charge on any atom is -0.504 e. The van der Waals surface area contributed by atoms with Crippen molar-refractivity contribution < 1.29 is 9.84 Å². The van der Waals surface area contributed by atoms with Crippen LogP contribution in [0, 0.1) is 5.92 Å². The first-order valence-corrected chi connectivity index (χ1v) is 9.51. The molecule has 144 valence electrons. The summed E-state index contributed by atoms with van der Waals surface area (Å²) in [6.45, 7) is 4.10. The number of halogens is 3. The third-order valence-corrected chi connectivity index (χ3v) is 5.98. The number of methoxy groups -OCH3 is 1. The third-order valence-electron chi connectivity index (χ3n) is 5.28. The molecular formula is C18H29BrCl2N2O2. The summed E-state index contributed by atoms with van der Waals surface area (Å²) in [7, 11) is 1.62. The number of phenols is 1. The van der Waals surface area contributed by atoms with Gasteiger partial charge in [-0.05, 0) is 30.9 Å². The van der Waals surface area contributed by atoms with Gasteiger partial charge in [0.2, 0.25) is 0 Å². The van der Waals surface area contributed by atoms with Gasteiger partial charge in [0.15, 0.2) is 11.5 Å². The summed E-state index contributed by atoms with van der Waals surface area (Å²) in [6.07, 6.45) is 6.44. The first-order valence-electron chi connectivity index (χ1n) is 8.72. The van der Waals surface area contributed by atoms with Gasteiger partial charge in [0.1, 0.15) is 0 Å². The van der Waals surface area contributed by atoms with Crippen LogP contribution in [-0.4, -0.2) is 43.3 Å². The fraction of sp³-hybridized carbons (Fsp3) is 0.667. The molecule has 1 aliphatic carbocycles. The van der Waals surface area contributed by atoms with Crippen molar-refractivity contribution in [3.05, 3.63) is 22.2 Å². The molecule has 1 aromatic carbocycles. The lowest BCUT2D eigenvalue weighted by Crippen LogP contribution is -2.47. The second kappa shape index (κ2) is 10.8. The van der Waals surface area contributed by atoms with Crippen molar-refractivity contribution in [1.82, 2.24) is 10.2 Å². The molecule has 1 saturated heterocycles. The molecule has 0 bridgehead atoms. The molecule has 0 amide bonds. The van der Waals surface area contributed by atoms with E-state index in [-0.39, 0.29) is 30.9 Å². The zero-order chi connectivity index (χ0) is 16.2. The van der Waals surface area contributed by atoms with Gasteiger partial charge in [-0.1, -0.05) is 35.2 Å². The summed E-state index contributed by atoms with van der Waals surface area (Å²) in [4.78, 5) is 2.55. The van der Waals surface area contributed by atoms with E-state index < -0.39 is 0 Å². The Bertz CT molecular complexity index is 518. The first kappa shape index (κ1) is 22.8. The van der Waals surface area contributed by atoms with E-state index in [0.717, 1.165) is 36.2 Å². The number of phenolic OH excluding ortho intramolecular Hbond substituents is 1. The van der Waals surface area contributed by atoms with E-state index in [4.69, 9.17) is 4.74 Å². The molecule has 3 rings (SSSR count). The van der Waals surface area contributed by atoms with E-state index in [1.54, 1.807) is 7.11 Å². The van der Waals surface area contributed by atoms with E-state index in [1.807, 2.05) is 12.1 Å². The summed E-state index contributed by atoms with van der Waals surface area (Å²) >= 11 is 3.69. The number of nitrogens with one attached hydrogen (secondary N) is 1. The number of rotatable bonds is 4. The summed E-state index contributed by atoms with van der Waals surface area (Å²) < 4.78 is 6.35. The fourth-order valence-corrected chi connectivity index (χ4v) is 4.69. The van der Waals surface area contributed by atoms with E-state index >= 15 is 0 Å². The van der Waals surface area contributed by atoms with Gasteiger partial charge in [-0.3, -0.25) is 4.90 Å². The summed E-state index contributed by atoms with van der Waals surface area (Å²) in [5, 5.41) is 14.2. The van der Waals surface area contributed by atoms with Gasteiger partial charge in [-0.25, -0.2) is 0 Å². The topological polar surface area (TPSA) is 44.7 Å². The van der Waals surface area contributed by atoms with Gasteiger partial charge in [-0.2, -0.15) is 0 Å². The van der Waals surface area contributed by atoms with Gasteiger partial charge in [0.25, 0.3) is 0 Å². The molecule has 0 spiro atoms. The molecule has 4 nitrogen and oxygen atoms in total. The largest absolute Gasteiger partial charge is 0.504 e. The van der Waals surface area contributed by atoms with Crippen LogP contribution in [0.2, 0.25) is 0 Å². The quantitative estimate of drug-likeness (QED) is 0.699. The van der Waals surface area contributed by atoms with Crippen molar-refractivity contribution in [1.29, 1.82) is 0 Å². The highest BCUT2D eigenvalue weighted by Crippen LogP contribution is 2.47. The maximum Gasteiger partial charge on any atom is 0.163 e. The Morgan fingerprint density at radius 2 is 1.80 bits per heavy atom. The third kappa shape index (κ3) is 5.16. The van der Waals surface area contributed by atoms with Gasteiger partial charge in [0, 0.05) is 42.3 Å². The SMILES string of the molecule is COc1ccc(Br)c([C@@H](C2CCCCC2)N2CCNCC2)c1O.Cl.Cl. The van der Waals surface area contributed by atoms with Crippen LogP contribution < -0.4 is 10.1 Å². The van der Waals surface area contributed by atoms with Crippen LogP contribution in [0.25, 0.3) is 0 Å². The van der Waals surface area contributed by atoms with Gasteiger partial charge >= 0.3 is 0 Å². The standard InChI is InChI=1S/C18H27BrN2O2.2ClH/c1-23-15-8-7-14(19)16(18(15)22)17(13-5-3-2-4-6-13)21-11-9-20-10-12-21;;/h7-8,13,17,20,22H,2-6,9-12H2,1H3;2*1H/t17-;;/m1../s1. The Labute approximate surface area is 171 Å². The molecule has 2 N–H and O–H groups in total. The van der Waals surface area contributed by atoms with Gasteiger partial charge in [0.05, 0.1) is 7.11 Å². The first-order chi connectivity index (χ1) is 11.2. The van der Waals surface area contributed by atoms with Crippen LogP contribution >= 0.6 is 40.7 Å². The van der Waals surface area contributed by atoms with Crippen molar-refractivity contribution in [2.24, 2.45) is 5.92 Å². The predicted molar refractivity (Wildman–Crippen MR) is 111 cm³/mol. The molecule has 25 heavy (non-hydrogen) atoms. The molecule has 1 saturated carbocycles. The Hall–Kier alpha value is -0.200. The van der Waals surface area contributed by atoms with E-state index in [9.17, 15) is 5.11 Å². The van der Waals surface area contributed by atoms with Crippen LogP contribution in [0.1, 0.15) is 43.7 Å². The molecule has 1 heterocycles. The van der Waals surface area contributed by atoms with E-state index in [1.165, 1.54) is 32.1 Å². The summed E-state index contributed by atoms with van der Waals surface area (Å²) in [6, 6.07) is 4.10. The lowest BCUT2D eigenvalue weighted by atomic mass is 9.79. The fourth-order valence-electron chi connectivity index (χ4n) is 4.14. The lowest BCUT2D eigenvalue weighted by Gasteiger charge is -2.41. The monoisotopic (exact) mass is 454 g/mol. The van der Waals surface area contributed by atoms with Gasteiger partial charge < -0.3 is 15.2 Å². The second-order valence-corrected chi connectivity index (χ2v) is 7.50. The number of aromatic hydroxyl groups is 1. The Morgan fingerprint density at radius 1 is 1.16 bits per heavy atom. The molecule has 1 atom stereocenters. The lowest BCUT2D eigenvalue weighted by molar-refractivity contribution is 0.100. The Balaban J connectivity index is 0.00000156. The Kier molecular flexibility index (Phi) is 9.89. The minimum atomic E-state index is 0. The molecular weight excluding hydrogens is 427 g/mol. The minimum absolute atomic E-state index is 0. The van der Waals surface area contributed by atoms with E-state index in [0.29, 0.717) is 17.4 Å². The van der Waals surface area contributed by atoms with Gasteiger partial charge in [-0.15, -0.1) is 24.8 Å². The molecule has 0 aromatic heterocycles. The number of nitrogens with zero attached hydrogens (tertiary/aromatic N) is 1. The molecule has 1 aliphatic heterocycles. The van der Waals surface area contributed by atoms with Crippen LogP contribution in [0.5, 0.6) is 11.5 Å². The maximum atomic E-state index is 10.8. The van der Waals surface area contributed by atoms with Crippen LogP contribution in [0.3, 0.4) is 0 Å². The molecule has 7 heteroatoms. The summed E-state index contributed by atoms with van der Waals surface area (Å²) in [5.74, 6) is 1.48. The van der Waals surface area contributed by atoms with Crippen LogP contribution in [-0.2, 0) is 0 Å². The molecule has 2 aliphatic rings. The molecule has 0 radical (unpaired) electrons. The number of benzene rings is 1. The van der Waals surface area contributed by atoms with Crippen LogP contribution in [0.15, 0.2) is 16.6 Å². The van der Waals surface area contributed by atoms with Crippen molar-refractivity contribution in [3.63, 3.8) is 0 Å². The molecule has 1 aromatic rings. The summed E-state index contributed by atoms with van der Waals surface area (Å²) in [5.41, 5.74) is 1.01.